The minimum atomic E-state index is -0.331. The molecule has 1 atom stereocenters. The summed E-state index contributed by atoms with van der Waals surface area (Å²) in [5, 5.41) is 21.3. The molecule has 26 heavy (non-hydrogen) atoms. The standard InChI is InChI=1S/C19H14N4OS2/c1-12(25-19-21-11-13-6-4-5-9-23(13)19)17(24)14(10-20)18-22-15-7-2-3-8-16(15)26-18/h2-9,11-12,24H,1H3/t12-/m0/s1. The third-order valence-corrected chi connectivity index (χ3v) is 6.09. The van der Waals surface area contributed by atoms with E-state index >= 15 is 0 Å². The molecule has 0 spiro atoms. The van der Waals surface area contributed by atoms with Crippen molar-refractivity contribution in [1.82, 2.24) is 14.4 Å². The minimum Gasteiger partial charge on any atom is -0.510 e. The summed E-state index contributed by atoms with van der Waals surface area (Å²) in [6.07, 6.45) is 3.71. The van der Waals surface area contributed by atoms with Gasteiger partial charge in [0, 0.05) is 6.20 Å². The summed E-state index contributed by atoms with van der Waals surface area (Å²) in [4.78, 5) is 8.89. The molecule has 0 bridgehead atoms. The molecule has 0 aliphatic rings. The molecule has 4 rings (SSSR count). The van der Waals surface area contributed by atoms with E-state index in [1.54, 1.807) is 6.20 Å². The van der Waals surface area contributed by atoms with Crippen LogP contribution in [0.4, 0.5) is 0 Å². The summed E-state index contributed by atoms with van der Waals surface area (Å²) in [6, 6.07) is 15.7. The van der Waals surface area contributed by atoms with Gasteiger partial charge < -0.3 is 5.11 Å². The van der Waals surface area contributed by atoms with Gasteiger partial charge in [-0.2, -0.15) is 5.26 Å². The van der Waals surface area contributed by atoms with Crippen LogP contribution in [-0.2, 0) is 0 Å². The molecule has 0 fully saturated rings. The second kappa shape index (κ2) is 6.83. The second-order valence-corrected chi connectivity index (χ2v) is 7.99. The molecular formula is C19H14N4OS2. The molecule has 3 aromatic heterocycles. The molecule has 0 amide bonds. The van der Waals surface area contributed by atoms with Gasteiger partial charge in [0.25, 0.3) is 0 Å². The molecule has 0 radical (unpaired) electrons. The van der Waals surface area contributed by atoms with E-state index in [0.717, 1.165) is 20.9 Å². The number of aliphatic hydroxyl groups is 1. The maximum absolute atomic E-state index is 10.7. The molecule has 1 N–H and O–H groups in total. The van der Waals surface area contributed by atoms with E-state index < -0.39 is 0 Å². The van der Waals surface area contributed by atoms with Crippen LogP contribution in [0.15, 0.2) is 65.8 Å². The van der Waals surface area contributed by atoms with Gasteiger partial charge in [0.05, 0.1) is 27.2 Å². The zero-order chi connectivity index (χ0) is 18.1. The van der Waals surface area contributed by atoms with Crippen molar-refractivity contribution in [2.45, 2.75) is 17.3 Å². The Bertz CT molecular complexity index is 1140. The second-order valence-electron chi connectivity index (χ2n) is 5.66. The normalized spacial score (nSPS) is 13.5. The van der Waals surface area contributed by atoms with Gasteiger partial charge in [0.1, 0.15) is 22.4 Å². The summed E-state index contributed by atoms with van der Waals surface area (Å²) in [5.41, 5.74) is 2.03. The number of allylic oxidation sites excluding steroid dienone is 1. The molecular weight excluding hydrogens is 364 g/mol. The van der Waals surface area contributed by atoms with Gasteiger partial charge in [-0.1, -0.05) is 30.0 Å². The van der Waals surface area contributed by atoms with Crippen LogP contribution in [0.25, 0.3) is 21.3 Å². The minimum absolute atomic E-state index is 0.0178. The Morgan fingerprint density at radius 1 is 1.27 bits per heavy atom. The Morgan fingerprint density at radius 3 is 2.88 bits per heavy atom. The molecule has 0 aliphatic carbocycles. The van der Waals surface area contributed by atoms with Gasteiger partial charge >= 0.3 is 0 Å². The van der Waals surface area contributed by atoms with Gasteiger partial charge in [-0.3, -0.25) is 4.40 Å². The van der Waals surface area contributed by atoms with Crippen LogP contribution in [0.1, 0.15) is 11.9 Å². The maximum Gasteiger partial charge on any atom is 0.173 e. The van der Waals surface area contributed by atoms with E-state index in [1.165, 1.54) is 23.1 Å². The lowest BCUT2D eigenvalue weighted by Crippen LogP contribution is -2.05. The molecule has 3 heterocycles. The first kappa shape index (κ1) is 16.6. The number of imidazole rings is 1. The Hall–Kier alpha value is -2.82. The van der Waals surface area contributed by atoms with Crippen molar-refractivity contribution in [3.63, 3.8) is 0 Å². The largest absolute Gasteiger partial charge is 0.510 e. The Balaban J connectivity index is 1.68. The average molecular weight is 378 g/mol. The zero-order valence-electron chi connectivity index (χ0n) is 13.8. The number of aliphatic hydroxyl groups excluding tert-OH is 1. The molecule has 0 saturated carbocycles. The van der Waals surface area contributed by atoms with Crippen molar-refractivity contribution in [2.24, 2.45) is 0 Å². The molecule has 0 aliphatic heterocycles. The van der Waals surface area contributed by atoms with E-state index in [2.05, 4.69) is 16.0 Å². The van der Waals surface area contributed by atoms with Crippen molar-refractivity contribution in [1.29, 1.82) is 5.26 Å². The number of pyridine rings is 1. The van der Waals surface area contributed by atoms with Crippen LogP contribution in [-0.4, -0.2) is 24.7 Å². The summed E-state index contributed by atoms with van der Waals surface area (Å²) in [7, 11) is 0. The van der Waals surface area contributed by atoms with Gasteiger partial charge in [0.2, 0.25) is 0 Å². The lowest BCUT2D eigenvalue weighted by molar-refractivity contribution is 0.402. The number of para-hydroxylation sites is 1. The fraction of sp³-hybridized carbons (Fsp3) is 0.105. The van der Waals surface area contributed by atoms with Gasteiger partial charge in [-0.05, 0) is 31.2 Å². The highest BCUT2D eigenvalue weighted by Crippen LogP contribution is 2.33. The van der Waals surface area contributed by atoms with Gasteiger partial charge in [0.15, 0.2) is 5.16 Å². The van der Waals surface area contributed by atoms with Crippen LogP contribution in [0.3, 0.4) is 0 Å². The van der Waals surface area contributed by atoms with Crippen molar-refractivity contribution in [3.8, 4) is 6.07 Å². The maximum atomic E-state index is 10.7. The number of nitrogens with zero attached hydrogens (tertiary/aromatic N) is 4. The number of thioether (sulfide) groups is 1. The Kier molecular flexibility index (Phi) is 4.37. The lowest BCUT2D eigenvalue weighted by Gasteiger charge is -2.11. The van der Waals surface area contributed by atoms with Crippen LogP contribution < -0.4 is 0 Å². The smallest absolute Gasteiger partial charge is 0.173 e. The van der Waals surface area contributed by atoms with Crippen LogP contribution in [0, 0.1) is 11.3 Å². The molecule has 7 heteroatoms. The van der Waals surface area contributed by atoms with Crippen LogP contribution >= 0.6 is 23.1 Å². The van der Waals surface area contributed by atoms with Crippen molar-refractivity contribution in [2.75, 3.05) is 0 Å². The van der Waals surface area contributed by atoms with E-state index in [1.807, 2.05) is 60.0 Å². The van der Waals surface area contributed by atoms with Crippen LogP contribution in [0.2, 0.25) is 0 Å². The molecule has 4 aromatic rings. The first-order valence-corrected chi connectivity index (χ1v) is 9.65. The number of thiazole rings is 1. The highest BCUT2D eigenvalue weighted by molar-refractivity contribution is 7.99. The predicted octanol–water partition coefficient (Wildman–Crippen LogP) is 4.92. The van der Waals surface area contributed by atoms with Gasteiger partial charge in [-0.15, -0.1) is 11.3 Å². The lowest BCUT2D eigenvalue weighted by atomic mass is 10.2. The van der Waals surface area contributed by atoms with E-state index in [4.69, 9.17) is 0 Å². The van der Waals surface area contributed by atoms with E-state index in [0.29, 0.717) is 5.01 Å². The summed E-state index contributed by atoms with van der Waals surface area (Å²) in [6.45, 7) is 1.86. The summed E-state index contributed by atoms with van der Waals surface area (Å²) in [5.74, 6) is 0.0178. The highest BCUT2D eigenvalue weighted by atomic mass is 32.2. The summed E-state index contributed by atoms with van der Waals surface area (Å²) >= 11 is 2.81. The van der Waals surface area contributed by atoms with Crippen molar-refractivity contribution < 1.29 is 5.11 Å². The quantitative estimate of drug-likeness (QED) is 0.310. The molecule has 5 nitrogen and oxygen atoms in total. The monoisotopic (exact) mass is 378 g/mol. The topological polar surface area (TPSA) is 74.2 Å². The Labute approximate surface area is 158 Å². The number of aromatic nitrogens is 3. The third kappa shape index (κ3) is 2.94. The predicted molar refractivity (Wildman–Crippen MR) is 105 cm³/mol. The highest BCUT2D eigenvalue weighted by Gasteiger charge is 2.20. The number of hydrogen-bond donors (Lipinski definition) is 1. The number of rotatable bonds is 4. The number of nitriles is 1. The fourth-order valence-electron chi connectivity index (χ4n) is 2.62. The number of benzene rings is 1. The number of fused-ring (bicyclic) bond motifs is 2. The Morgan fingerprint density at radius 2 is 2.08 bits per heavy atom. The van der Waals surface area contributed by atoms with Crippen molar-refractivity contribution in [3.05, 3.63) is 65.6 Å². The molecule has 128 valence electrons. The molecule has 0 saturated heterocycles. The molecule has 1 aromatic carbocycles. The SMILES string of the molecule is C[C@H](Sc1ncc2ccccn12)C(O)=C(C#N)c1nc2ccccc2s1. The molecule has 0 unspecified atom stereocenters. The average Bonchev–Trinajstić information content (AvgIpc) is 3.26. The van der Waals surface area contributed by atoms with Crippen LogP contribution in [0.5, 0.6) is 0 Å². The van der Waals surface area contributed by atoms with Crippen molar-refractivity contribution >= 4 is 44.4 Å². The third-order valence-electron chi connectivity index (χ3n) is 3.95. The number of hydrogen-bond acceptors (Lipinski definition) is 6. The fourth-order valence-corrected chi connectivity index (χ4v) is 4.53. The first-order valence-electron chi connectivity index (χ1n) is 7.95. The van der Waals surface area contributed by atoms with E-state index in [9.17, 15) is 10.4 Å². The zero-order valence-corrected chi connectivity index (χ0v) is 15.5. The van der Waals surface area contributed by atoms with E-state index in [-0.39, 0.29) is 16.6 Å². The van der Waals surface area contributed by atoms with Gasteiger partial charge in [-0.25, -0.2) is 9.97 Å². The first-order chi connectivity index (χ1) is 12.7. The summed E-state index contributed by atoms with van der Waals surface area (Å²) < 4.78 is 2.95.